The first-order chi connectivity index (χ1) is 60.3. The van der Waals surface area contributed by atoms with Crippen LogP contribution in [0.3, 0.4) is 0 Å². The number of nitrogens with one attached hydrogen (secondary N) is 9. The fraction of sp³-hybridized carbons (Fsp3) is 0.953. The topological polar surface area (TPSA) is 207 Å². The predicted molar refractivity (Wildman–Crippen MR) is 545 cm³/mol. The molecule has 129 heavy (non-hydrogen) atoms. The van der Waals surface area contributed by atoms with Crippen LogP contribution in [0.25, 0.3) is 0 Å². The Kier molecular flexibility index (Phi) is 50.3. The van der Waals surface area contributed by atoms with Crippen molar-refractivity contribution in [3.8, 4) is 18.4 Å². The van der Waals surface area contributed by atoms with E-state index in [1.54, 1.807) is 7.11 Å². The van der Waals surface area contributed by atoms with E-state index in [0.717, 1.165) is 224 Å². The highest BCUT2D eigenvalue weighted by Gasteiger charge is 2.39. The lowest BCUT2D eigenvalue weighted by molar-refractivity contribution is -0.113. The molecule has 5 aliphatic heterocycles. The predicted octanol–water partition coefficient (Wildman–Crippen LogP) is 15.7. The summed E-state index contributed by atoms with van der Waals surface area (Å²) < 4.78 is 33.4. The molecule has 0 spiro atoms. The zero-order valence-electron chi connectivity index (χ0n) is 89.3. The summed E-state index contributed by atoms with van der Waals surface area (Å²) in [7, 11) is 5.90. The molecule has 13 aliphatic rings. The highest BCUT2D eigenvalue weighted by Crippen LogP contribution is 2.40. The normalized spacial score (nSPS) is 28.6. The molecule has 754 valence electrons. The molecule has 0 aromatic heterocycles. The molecule has 0 aromatic rings. The minimum Gasteiger partial charge on any atom is -0.383 e. The molecule has 4 unspecified atom stereocenters. The lowest BCUT2D eigenvalue weighted by atomic mass is 9.72. The Morgan fingerprint density at radius 3 is 1.16 bits per heavy atom. The Morgan fingerprint density at radius 2 is 0.798 bits per heavy atom. The van der Waals surface area contributed by atoms with Crippen molar-refractivity contribution in [2.75, 3.05) is 185 Å². The molecule has 0 amide bonds. The van der Waals surface area contributed by atoms with Gasteiger partial charge in [0.05, 0.1) is 88.2 Å². The summed E-state index contributed by atoms with van der Waals surface area (Å²) in [5.41, 5.74) is 2.85. The monoisotopic (exact) mass is 1820 g/mol. The first-order valence-corrected chi connectivity index (χ1v) is 52.5. The first kappa shape index (κ1) is 116. The third-order valence-corrected chi connectivity index (χ3v) is 26.9. The van der Waals surface area contributed by atoms with Gasteiger partial charge in [-0.1, -0.05) is 6.58 Å². The maximum atomic E-state index is 9.03. The molecule has 4 atom stereocenters. The molecule has 9 N–H and O–H groups in total. The lowest BCUT2D eigenvalue weighted by Gasteiger charge is -2.42. The van der Waals surface area contributed by atoms with Gasteiger partial charge in [-0.05, 0) is 378 Å². The van der Waals surface area contributed by atoms with E-state index in [1.807, 2.05) is 0 Å². The van der Waals surface area contributed by atoms with Crippen molar-refractivity contribution in [3.63, 3.8) is 0 Å². The molecule has 5 saturated heterocycles. The van der Waals surface area contributed by atoms with Crippen LogP contribution in [0.4, 0.5) is 0 Å². The van der Waals surface area contributed by atoms with Gasteiger partial charge in [-0.2, -0.15) is 5.26 Å². The van der Waals surface area contributed by atoms with Gasteiger partial charge in [0.2, 0.25) is 0 Å². The van der Waals surface area contributed by atoms with Gasteiger partial charge < -0.3 is 86.1 Å². The number of rotatable bonds is 29. The molecule has 22 nitrogen and oxygen atoms in total. The second-order valence-electron chi connectivity index (χ2n) is 50.3. The third kappa shape index (κ3) is 56.4. The van der Waals surface area contributed by atoms with Gasteiger partial charge in [-0.3, -0.25) is 19.6 Å². The summed E-state index contributed by atoms with van der Waals surface area (Å²) in [6.07, 6.45) is 39.0. The molecule has 0 bridgehead atoms. The number of terminal acetylenes is 1. The molecule has 0 radical (unpaired) electrons. The van der Waals surface area contributed by atoms with E-state index in [9.17, 15) is 0 Å². The molecular formula is C107H210N16O6. The van der Waals surface area contributed by atoms with E-state index in [1.165, 1.54) is 160 Å². The summed E-state index contributed by atoms with van der Waals surface area (Å²) in [6.45, 7) is 84.5. The van der Waals surface area contributed by atoms with E-state index in [2.05, 4.69) is 283 Å². The van der Waals surface area contributed by atoms with E-state index in [-0.39, 0.29) is 55.8 Å². The van der Waals surface area contributed by atoms with Crippen molar-refractivity contribution in [2.24, 2.45) is 35.0 Å². The minimum absolute atomic E-state index is 0.0434. The van der Waals surface area contributed by atoms with Crippen molar-refractivity contribution in [1.82, 2.24) is 77.3 Å². The number of hydrogen-bond acceptors (Lipinski definition) is 22. The highest BCUT2D eigenvalue weighted by molar-refractivity contribution is 5.02. The molecule has 13 rings (SSSR count). The fourth-order valence-electron chi connectivity index (χ4n) is 18.4. The van der Waals surface area contributed by atoms with E-state index in [4.69, 9.17) is 40.1 Å². The van der Waals surface area contributed by atoms with Gasteiger partial charge in [0, 0.05) is 204 Å². The number of hydrogen-bond donors (Lipinski definition) is 9. The standard InChI is InChI=1S/C18H34N2.C14H29N3O.C13H26N2.C13H24N2.C13H23N.C12H24N2O2.C12H26N2O2.C12H24N2O/c1-18(2,3)19-16-8-10-17(11-9-16)20(12-14-4-5-14)13-15-6-7-15;1-12(10-16(5)6)17-7-8-18-13(11-17)9-15-14(2,3)4;1-13(2,3)15-12-8-6-11(7-9-12)14-10-4-5-10;1-12(2,3)15-9-11-5-7-13(4,10-14)8-6-11;1-5-11-6-8-12(9-7-11)10-14-13(2,3)4;1-12(2,3)13-6-11-7-14(4-5-16-11)10-8-15-9-10;1-12(2,3)13-9-11-10-14(5-7-15-4)6-8-16-11;1-12(2,3)13-8-11-9-14(6-7-15-11)10-4-5-10/h14-17,19H,4-13H2,1-3H3;13,15H,1,7-11H2,2-6H3;10-12,14-15H,4-9H2,1-3H3;11,15H,5-9H2,1-4H3;1,11-12,14H,6-10H2,2-4H3;10-11,13H,4-9H2,1-3H3;11,13H,5-10H2,1-4H3;10-11,13H,4-9H2,1-3H3. The van der Waals surface area contributed by atoms with Crippen LogP contribution in [-0.2, 0) is 28.4 Å². The maximum Gasteiger partial charge on any atom is 0.0874 e. The Hall–Kier alpha value is -2.21. The molecule has 8 aliphatic carbocycles. The Morgan fingerprint density at radius 1 is 0.434 bits per heavy atom. The largest absolute Gasteiger partial charge is 0.383 e. The summed E-state index contributed by atoms with van der Waals surface area (Å²) in [5.74, 6) is 7.16. The van der Waals surface area contributed by atoms with Crippen LogP contribution in [-0.4, -0.2) is 326 Å². The molecular weight excluding hydrogens is 1610 g/mol. The first-order valence-electron chi connectivity index (χ1n) is 52.5. The quantitative estimate of drug-likeness (QED) is 0.0319. The van der Waals surface area contributed by atoms with Crippen LogP contribution in [0, 0.1) is 58.7 Å². The number of nitrogens with zero attached hydrogens (tertiary/aromatic N) is 7. The average molecular weight is 1820 g/mol. The van der Waals surface area contributed by atoms with Crippen LogP contribution in [0.1, 0.15) is 327 Å². The van der Waals surface area contributed by atoms with Gasteiger partial charge >= 0.3 is 0 Å². The van der Waals surface area contributed by atoms with Gasteiger partial charge in [0.15, 0.2) is 0 Å². The number of morpholine rings is 4. The molecule has 5 heterocycles. The van der Waals surface area contributed by atoms with Crippen molar-refractivity contribution >= 4 is 0 Å². The van der Waals surface area contributed by atoms with Crippen molar-refractivity contribution in [2.45, 2.75) is 438 Å². The molecule has 22 heteroatoms. The Labute approximate surface area is 795 Å². The summed E-state index contributed by atoms with van der Waals surface area (Å²) in [5, 5.41) is 41.4. The van der Waals surface area contributed by atoms with Gasteiger partial charge in [0.1, 0.15) is 0 Å². The number of nitriles is 1. The van der Waals surface area contributed by atoms with Crippen molar-refractivity contribution in [3.05, 3.63) is 12.3 Å². The second-order valence-corrected chi connectivity index (χ2v) is 50.3. The Balaban J connectivity index is 0.000000228. The minimum atomic E-state index is -0.0434. The average Bonchev–Trinajstić information content (AvgIpc) is 1.68. The van der Waals surface area contributed by atoms with Gasteiger partial charge in [-0.25, -0.2) is 0 Å². The van der Waals surface area contributed by atoms with E-state index < -0.39 is 0 Å². The van der Waals surface area contributed by atoms with Crippen LogP contribution in [0.15, 0.2) is 12.3 Å². The number of ether oxygens (including phenoxy) is 6. The zero-order chi connectivity index (χ0) is 95.4. The van der Waals surface area contributed by atoms with Crippen molar-refractivity contribution < 1.29 is 28.4 Å². The molecule has 0 aromatic carbocycles. The summed E-state index contributed by atoms with van der Waals surface area (Å²) in [6, 6.07) is 8.07. The van der Waals surface area contributed by atoms with E-state index in [0.29, 0.717) is 30.3 Å². The summed E-state index contributed by atoms with van der Waals surface area (Å²) in [4.78, 5) is 14.9. The highest BCUT2D eigenvalue weighted by atomic mass is 16.5. The number of methoxy groups -OCH3 is 1. The SMILES string of the molecule is C#CC1CCC(CNC(C)(C)C)CC1.C=C(CN(C)C)N1CCOC(CNC(C)(C)C)C1.CC(C)(C)NC1CCC(N(CC2CC2)CC2CC2)CC1.CC(C)(C)NC1CCC(NC2CC2)CC1.CC(C)(C)NCC1CN(C2CC2)CCO1.CC(C)(C)NCC1CN(C2COC2)CCO1.CC1(C#N)CCC(CNC(C)(C)C)CC1.COCCN1CCOC(CNC(C)(C)C)C1. The van der Waals surface area contributed by atoms with Crippen LogP contribution >= 0.6 is 0 Å². The van der Waals surface area contributed by atoms with Crippen LogP contribution in [0.2, 0.25) is 0 Å². The fourth-order valence-corrected chi connectivity index (χ4v) is 18.4. The van der Waals surface area contributed by atoms with Gasteiger partial charge in [-0.15, -0.1) is 12.3 Å². The van der Waals surface area contributed by atoms with E-state index >= 15 is 0 Å². The summed E-state index contributed by atoms with van der Waals surface area (Å²) >= 11 is 0. The second kappa shape index (κ2) is 56.1. The number of likely N-dealkylation sites (N-methyl/N-ethyl adjacent to an activating group) is 1. The van der Waals surface area contributed by atoms with Crippen LogP contribution < -0.4 is 47.9 Å². The lowest BCUT2D eigenvalue weighted by Crippen LogP contribution is -2.57. The molecule has 13 fully saturated rings. The smallest absolute Gasteiger partial charge is 0.0874 e. The third-order valence-electron chi connectivity index (χ3n) is 26.9. The van der Waals surface area contributed by atoms with Crippen LogP contribution in [0.5, 0.6) is 0 Å². The van der Waals surface area contributed by atoms with Crippen molar-refractivity contribution in [1.29, 1.82) is 5.26 Å². The van der Waals surface area contributed by atoms with Gasteiger partial charge in [0.25, 0.3) is 0 Å². The zero-order valence-corrected chi connectivity index (χ0v) is 89.3. The Bertz CT molecular complexity index is 3030. The maximum absolute atomic E-state index is 9.03. The molecule has 8 saturated carbocycles.